The molecule has 3 heterocycles. The van der Waals surface area contributed by atoms with E-state index in [2.05, 4.69) is 10.3 Å². The number of rotatable bonds is 6. The first-order valence-electron chi connectivity index (χ1n) is 10.2. The van der Waals surface area contributed by atoms with Crippen LogP contribution in [0.4, 0.5) is 0 Å². The molecule has 7 nitrogen and oxygen atoms in total. The largest absolute Gasteiger partial charge is 0.493 e. The minimum Gasteiger partial charge on any atom is -0.493 e. The average Bonchev–Trinajstić information content (AvgIpc) is 3.55. The number of imide groups is 1. The minimum absolute atomic E-state index is 0.182. The zero-order valence-corrected chi connectivity index (χ0v) is 17.6. The van der Waals surface area contributed by atoms with Gasteiger partial charge in [-0.15, -0.1) is 0 Å². The summed E-state index contributed by atoms with van der Waals surface area (Å²) in [6.45, 7) is 0.606. The maximum absolute atomic E-state index is 13.4. The second-order valence-corrected chi connectivity index (χ2v) is 8.27. The molecule has 0 saturated heterocycles. The minimum atomic E-state index is -0.517. The summed E-state index contributed by atoms with van der Waals surface area (Å²) in [5, 5.41) is 2.67. The Hall–Kier alpha value is -3.71. The highest BCUT2D eigenvalue weighted by Gasteiger charge is 2.25. The van der Waals surface area contributed by atoms with Gasteiger partial charge in [0.15, 0.2) is 0 Å². The van der Waals surface area contributed by atoms with Crippen molar-refractivity contribution in [1.29, 1.82) is 0 Å². The lowest BCUT2D eigenvalue weighted by molar-refractivity contribution is -0.123. The number of amides is 2. The third-order valence-corrected chi connectivity index (χ3v) is 5.59. The highest BCUT2D eigenvalue weighted by Crippen LogP contribution is 2.32. The second kappa shape index (κ2) is 8.09. The summed E-state index contributed by atoms with van der Waals surface area (Å²) < 4.78 is 7.27. The number of carbonyl (C=O) groups is 2. The van der Waals surface area contributed by atoms with Crippen LogP contribution in [0.15, 0.2) is 65.9 Å². The summed E-state index contributed by atoms with van der Waals surface area (Å²) in [6, 6.07) is 10.2. The predicted octanol–water partition coefficient (Wildman–Crippen LogP) is 3.38. The SMILES string of the molecule is O=C1C=C(c2cc(-c3cc(Cl)cc(OCC4CC4)c3)c(=O)n(-c3cccnc3)c2)C(=O)N1. The van der Waals surface area contributed by atoms with Crippen molar-refractivity contribution < 1.29 is 14.3 Å². The summed E-state index contributed by atoms with van der Waals surface area (Å²) in [6.07, 6.45) is 8.21. The van der Waals surface area contributed by atoms with Crippen LogP contribution in [0.2, 0.25) is 5.02 Å². The van der Waals surface area contributed by atoms with E-state index in [9.17, 15) is 14.4 Å². The Morgan fingerprint density at radius 1 is 1.12 bits per heavy atom. The molecule has 8 heteroatoms. The van der Waals surface area contributed by atoms with Gasteiger partial charge >= 0.3 is 0 Å². The van der Waals surface area contributed by atoms with Crippen molar-refractivity contribution in [3.63, 3.8) is 0 Å². The van der Waals surface area contributed by atoms with Crippen molar-refractivity contribution in [3.8, 4) is 22.6 Å². The van der Waals surface area contributed by atoms with E-state index < -0.39 is 11.8 Å². The summed E-state index contributed by atoms with van der Waals surface area (Å²) in [5.74, 6) is 0.125. The molecule has 1 saturated carbocycles. The molecule has 0 bridgehead atoms. The molecule has 1 N–H and O–H groups in total. The Morgan fingerprint density at radius 3 is 2.66 bits per heavy atom. The zero-order valence-electron chi connectivity index (χ0n) is 16.9. The van der Waals surface area contributed by atoms with Crippen molar-refractivity contribution in [2.45, 2.75) is 12.8 Å². The molecule has 1 aliphatic carbocycles. The van der Waals surface area contributed by atoms with Crippen molar-refractivity contribution in [3.05, 3.63) is 82.0 Å². The van der Waals surface area contributed by atoms with Crippen LogP contribution in [0.25, 0.3) is 22.4 Å². The van der Waals surface area contributed by atoms with Crippen molar-refractivity contribution in [2.75, 3.05) is 6.61 Å². The van der Waals surface area contributed by atoms with E-state index in [1.165, 1.54) is 16.8 Å². The Balaban J connectivity index is 1.67. The number of ether oxygens (including phenoxy) is 1. The number of nitrogens with one attached hydrogen (secondary N) is 1. The summed E-state index contributed by atoms with van der Waals surface area (Å²) in [4.78, 5) is 41.5. The van der Waals surface area contributed by atoms with E-state index in [1.807, 2.05) is 0 Å². The van der Waals surface area contributed by atoms with Crippen LogP contribution in [-0.2, 0) is 9.59 Å². The fourth-order valence-corrected chi connectivity index (χ4v) is 3.78. The highest BCUT2D eigenvalue weighted by molar-refractivity contribution is 6.33. The summed E-state index contributed by atoms with van der Waals surface area (Å²) in [5.41, 5.74) is 1.69. The Kier molecular flexibility index (Phi) is 5.11. The van der Waals surface area contributed by atoms with Gasteiger partial charge in [0, 0.05) is 34.6 Å². The number of hydrogen-bond acceptors (Lipinski definition) is 5. The van der Waals surface area contributed by atoms with Gasteiger partial charge in [-0.1, -0.05) is 11.6 Å². The molecule has 0 radical (unpaired) electrons. The van der Waals surface area contributed by atoms with Gasteiger partial charge in [0.25, 0.3) is 17.4 Å². The van der Waals surface area contributed by atoms with Crippen LogP contribution in [-0.4, -0.2) is 28.0 Å². The number of carbonyl (C=O) groups excluding carboxylic acids is 2. The maximum Gasteiger partial charge on any atom is 0.263 e. The second-order valence-electron chi connectivity index (χ2n) is 7.84. The predicted molar refractivity (Wildman–Crippen MR) is 120 cm³/mol. The fourth-order valence-electron chi connectivity index (χ4n) is 3.55. The molecule has 32 heavy (non-hydrogen) atoms. The fraction of sp³-hybridized carbons (Fsp3) is 0.167. The van der Waals surface area contributed by atoms with Gasteiger partial charge in [-0.2, -0.15) is 0 Å². The normalized spacial score (nSPS) is 15.5. The van der Waals surface area contributed by atoms with Gasteiger partial charge in [0.2, 0.25) is 0 Å². The van der Waals surface area contributed by atoms with Gasteiger partial charge < -0.3 is 4.74 Å². The molecule has 0 atom stereocenters. The quantitative estimate of drug-likeness (QED) is 0.585. The highest BCUT2D eigenvalue weighted by atomic mass is 35.5. The van der Waals surface area contributed by atoms with E-state index in [0.29, 0.717) is 45.7 Å². The molecular formula is C24H18ClN3O4. The van der Waals surface area contributed by atoms with Gasteiger partial charge in [-0.25, -0.2) is 0 Å². The van der Waals surface area contributed by atoms with Gasteiger partial charge in [0.05, 0.1) is 24.1 Å². The Bertz CT molecular complexity index is 1330. The van der Waals surface area contributed by atoms with Gasteiger partial charge in [-0.3, -0.25) is 29.3 Å². The smallest absolute Gasteiger partial charge is 0.263 e. The van der Waals surface area contributed by atoms with Crippen LogP contribution < -0.4 is 15.6 Å². The zero-order chi connectivity index (χ0) is 22.2. The number of nitrogens with zero attached hydrogens (tertiary/aromatic N) is 2. The molecule has 0 spiro atoms. The molecule has 3 aromatic rings. The molecule has 160 valence electrons. The number of aromatic nitrogens is 2. The third-order valence-electron chi connectivity index (χ3n) is 5.37. The van der Waals surface area contributed by atoms with Crippen molar-refractivity contribution in [2.24, 2.45) is 5.92 Å². The molecule has 2 aromatic heterocycles. The number of halogens is 1. The molecular weight excluding hydrogens is 430 g/mol. The van der Waals surface area contributed by atoms with Crippen LogP contribution in [0.3, 0.4) is 0 Å². The van der Waals surface area contributed by atoms with Crippen molar-refractivity contribution in [1.82, 2.24) is 14.9 Å². The number of pyridine rings is 2. The summed E-state index contributed by atoms with van der Waals surface area (Å²) >= 11 is 6.33. The van der Waals surface area contributed by atoms with Crippen LogP contribution in [0.5, 0.6) is 5.75 Å². The molecule has 1 fully saturated rings. The Morgan fingerprint density at radius 2 is 1.97 bits per heavy atom. The average molecular weight is 448 g/mol. The first kappa shape index (κ1) is 20.2. The molecule has 5 rings (SSSR count). The lowest BCUT2D eigenvalue weighted by Crippen LogP contribution is -2.23. The van der Waals surface area contributed by atoms with E-state index in [4.69, 9.17) is 16.3 Å². The monoisotopic (exact) mass is 447 g/mol. The van der Waals surface area contributed by atoms with Gasteiger partial charge in [0.1, 0.15) is 5.75 Å². The van der Waals surface area contributed by atoms with E-state index in [-0.39, 0.29) is 11.1 Å². The lowest BCUT2D eigenvalue weighted by Gasteiger charge is -2.13. The molecule has 2 amide bonds. The van der Waals surface area contributed by atoms with E-state index in [0.717, 1.165) is 12.8 Å². The molecule has 1 aliphatic heterocycles. The third kappa shape index (κ3) is 4.07. The van der Waals surface area contributed by atoms with Gasteiger partial charge in [-0.05, 0) is 60.7 Å². The molecule has 1 aromatic carbocycles. The van der Waals surface area contributed by atoms with E-state index >= 15 is 0 Å². The number of benzene rings is 1. The first-order valence-corrected chi connectivity index (χ1v) is 10.5. The molecule has 0 unspecified atom stereocenters. The standard InChI is InChI=1S/C24H18ClN3O4/c25-17-6-15(7-19(9-17)32-13-14-3-4-14)21-8-16(20-10-22(29)27-23(20)30)12-28(24(21)31)18-2-1-5-26-11-18/h1-2,5-12,14H,3-4,13H2,(H,27,29,30). The maximum atomic E-state index is 13.4. The number of hydrogen-bond donors (Lipinski definition) is 1. The van der Waals surface area contributed by atoms with E-state index in [1.54, 1.807) is 48.8 Å². The topological polar surface area (TPSA) is 90.3 Å². The van der Waals surface area contributed by atoms with Crippen LogP contribution >= 0.6 is 11.6 Å². The molecule has 2 aliphatic rings. The lowest BCUT2D eigenvalue weighted by atomic mass is 10.0. The van der Waals surface area contributed by atoms with Crippen LogP contribution in [0, 0.1) is 5.92 Å². The first-order chi connectivity index (χ1) is 15.5. The van der Waals surface area contributed by atoms with Crippen molar-refractivity contribution >= 4 is 29.0 Å². The van der Waals surface area contributed by atoms with Crippen LogP contribution in [0.1, 0.15) is 18.4 Å². The summed E-state index contributed by atoms with van der Waals surface area (Å²) in [7, 11) is 0. The Labute approximate surface area is 188 Å².